The Balaban J connectivity index is 1.98. The van der Waals surface area contributed by atoms with Gasteiger partial charge >= 0.3 is 0 Å². The summed E-state index contributed by atoms with van der Waals surface area (Å²) in [5.41, 5.74) is 14.6. The number of aliphatic hydroxyl groups is 1. The standard InChI is InChI=1S/C22H38FN7O3/c1-14-10-18(11-20(31)33-14)30(2)9-8-17(29-26)13-27-19(12-23)21(32-3)15-4-6-16(7-5-15)28-22(24)25/h4-7,13-14,18-21,27,29,31H,8-12,26H2,1-3H3,(H4,24,25,28)/p+1/b17-13-/t14-,18+,19-,20-,21-/m1/s1. The normalized spacial score (nSPS) is 23.2. The van der Waals surface area contributed by atoms with E-state index in [-0.39, 0.29) is 18.1 Å². The van der Waals surface area contributed by atoms with Crippen LogP contribution in [0, 0.1) is 0 Å². The Bertz CT molecular complexity index is 764. The Morgan fingerprint density at radius 1 is 1.39 bits per heavy atom. The van der Waals surface area contributed by atoms with Crippen LogP contribution >= 0.6 is 0 Å². The van der Waals surface area contributed by atoms with Crippen molar-refractivity contribution in [3.8, 4) is 0 Å². The topological polar surface area (TPSA) is 161 Å². The minimum Gasteiger partial charge on any atom is -0.378 e. The van der Waals surface area contributed by atoms with Gasteiger partial charge in [-0.05, 0) is 38.1 Å². The van der Waals surface area contributed by atoms with Crippen molar-refractivity contribution in [2.75, 3.05) is 27.4 Å². The summed E-state index contributed by atoms with van der Waals surface area (Å²) < 4.78 is 24.9. The number of benzene rings is 1. The number of aliphatic imine (C=N–C) groups is 1. The predicted molar refractivity (Wildman–Crippen MR) is 126 cm³/mol. The van der Waals surface area contributed by atoms with Gasteiger partial charge in [-0.2, -0.15) is 5.84 Å². The van der Waals surface area contributed by atoms with Gasteiger partial charge in [0.05, 0.1) is 24.0 Å². The highest BCUT2D eigenvalue weighted by Gasteiger charge is 2.28. The van der Waals surface area contributed by atoms with Crippen LogP contribution in [0.5, 0.6) is 0 Å². The lowest BCUT2D eigenvalue weighted by Crippen LogP contribution is -2.89. The van der Waals surface area contributed by atoms with Crippen LogP contribution in [0.3, 0.4) is 0 Å². The lowest BCUT2D eigenvalue weighted by Gasteiger charge is -2.36. The Kier molecular flexibility index (Phi) is 11.0. The molecule has 0 radical (unpaired) electrons. The van der Waals surface area contributed by atoms with Gasteiger partial charge in [-0.25, -0.2) is 14.8 Å². The van der Waals surface area contributed by atoms with Crippen LogP contribution in [0.2, 0.25) is 0 Å². The van der Waals surface area contributed by atoms with Crippen molar-refractivity contribution in [1.29, 1.82) is 0 Å². The molecule has 1 aliphatic heterocycles. The van der Waals surface area contributed by atoms with Crippen LogP contribution in [0.15, 0.2) is 41.2 Å². The summed E-state index contributed by atoms with van der Waals surface area (Å²) in [6.07, 6.45) is 2.61. The van der Waals surface area contributed by atoms with Gasteiger partial charge in [-0.1, -0.05) is 12.1 Å². The molecule has 0 bridgehead atoms. The van der Waals surface area contributed by atoms with Crippen molar-refractivity contribution < 1.29 is 24.4 Å². The van der Waals surface area contributed by atoms with E-state index in [1.807, 2.05) is 14.0 Å². The molecule has 10 nitrogen and oxygen atoms in total. The zero-order chi connectivity index (χ0) is 24.4. The molecule has 1 aliphatic rings. The molecule has 1 saturated heterocycles. The molecule has 0 aromatic heterocycles. The third-order valence-electron chi connectivity index (χ3n) is 5.81. The van der Waals surface area contributed by atoms with Gasteiger partial charge in [-0.15, -0.1) is 0 Å². The number of nitrogens with one attached hydrogen (secondary N) is 1. The van der Waals surface area contributed by atoms with Gasteiger partial charge in [-0.3, -0.25) is 0 Å². The van der Waals surface area contributed by atoms with E-state index in [0.717, 1.165) is 24.2 Å². The number of hydrogen-bond donors (Lipinski definition) is 6. The first-order valence-corrected chi connectivity index (χ1v) is 11.1. The number of methoxy groups -OCH3 is 1. The Morgan fingerprint density at radius 2 is 2.09 bits per heavy atom. The molecule has 1 aromatic carbocycles. The Hall–Kier alpha value is -2.28. The van der Waals surface area contributed by atoms with Crippen LogP contribution < -0.4 is 28.1 Å². The first-order chi connectivity index (χ1) is 15.8. The molecule has 0 unspecified atom stereocenters. The van der Waals surface area contributed by atoms with E-state index < -0.39 is 25.1 Å². The van der Waals surface area contributed by atoms with Gasteiger partial charge in [0.15, 0.2) is 12.2 Å². The second-order valence-corrected chi connectivity index (χ2v) is 8.36. The van der Waals surface area contributed by atoms with E-state index >= 15 is 0 Å². The smallest absolute Gasteiger partial charge is 0.191 e. The van der Waals surface area contributed by atoms with E-state index in [0.29, 0.717) is 18.5 Å². The van der Waals surface area contributed by atoms with E-state index in [1.54, 1.807) is 30.5 Å². The van der Waals surface area contributed by atoms with Gasteiger partial charge < -0.3 is 36.3 Å². The minimum absolute atomic E-state index is 0.0174. The summed E-state index contributed by atoms with van der Waals surface area (Å²) in [5, 5.41) is 13.0. The van der Waals surface area contributed by atoms with Crippen LogP contribution in [0.25, 0.3) is 0 Å². The average molecular weight is 469 g/mol. The van der Waals surface area contributed by atoms with E-state index in [2.05, 4.69) is 15.2 Å². The zero-order valence-corrected chi connectivity index (χ0v) is 19.7. The van der Waals surface area contributed by atoms with Crippen LogP contribution in [0.1, 0.15) is 37.9 Å². The maximum absolute atomic E-state index is 13.9. The molecule has 2 rings (SSSR count). The molecule has 33 heavy (non-hydrogen) atoms. The molecular weight excluding hydrogens is 429 g/mol. The monoisotopic (exact) mass is 468 g/mol. The van der Waals surface area contributed by atoms with Crippen LogP contribution in [0.4, 0.5) is 10.1 Å². The number of nitrogens with two attached hydrogens (primary N) is 4. The quantitative estimate of drug-likeness (QED) is 0.105. The van der Waals surface area contributed by atoms with Crippen molar-refractivity contribution in [1.82, 2.24) is 10.2 Å². The number of rotatable bonds is 12. The van der Waals surface area contributed by atoms with Gasteiger partial charge in [0.2, 0.25) is 0 Å². The summed E-state index contributed by atoms with van der Waals surface area (Å²) in [6, 6.07) is 6.72. The highest BCUT2D eigenvalue weighted by atomic mass is 19.1. The first-order valence-electron chi connectivity index (χ1n) is 11.1. The van der Waals surface area contributed by atoms with E-state index in [1.165, 1.54) is 12.5 Å². The zero-order valence-electron chi connectivity index (χ0n) is 19.7. The number of hydrogen-bond acceptors (Lipinski definition) is 7. The summed E-state index contributed by atoms with van der Waals surface area (Å²) in [5.74, 6) is 5.79. The Labute approximate surface area is 195 Å². The molecule has 0 saturated carbocycles. The molecule has 1 aromatic rings. The fourth-order valence-corrected chi connectivity index (χ4v) is 3.99. The van der Waals surface area contributed by atoms with Crippen molar-refractivity contribution in [2.45, 2.75) is 56.8 Å². The highest BCUT2D eigenvalue weighted by Crippen LogP contribution is 2.24. The lowest BCUT2D eigenvalue weighted by molar-refractivity contribution is -0.621. The number of ether oxygens (including phenoxy) is 2. The maximum atomic E-state index is 13.9. The molecule has 5 atom stereocenters. The molecule has 0 spiro atoms. The molecule has 1 heterocycles. The van der Waals surface area contributed by atoms with Crippen molar-refractivity contribution >= 4 is 11.6 Å². The lowest BCUT2D eigenvalue weighted by atomic mass is 10.0. The second kappa shape index (κ2) is 13.4. The van der Waals surface area contributed by atoms with Crippen LogP contribution in [-0.4, -0.2) is 67.8 Å². The number of aliphatic hydroxyl groups excluding tert-OH is 1. The van der Waals surface area contributed by atoms with Gasteiger partial charge in [0.25, 0.3) is 0 Å². The largest absolute Gasteiger partial charge is 0.378 e. The summed E-state index contributed by atoms with van der Waals surface area (Å²) in [4.78, 5) is 6.18. The molecular formula is C22H39FN7O3+. The van der Waals surface area contributed by atoms with E-state index in [9.17, 15) is 9.50 Å². The number of alkyl halides is 1. The number of quaternary nitrogens is 1. The van der Waals surface area contributed by atoms with Crippen molar-refractivity contribution in [3.63, 3.8) is 0 Å². The SMILES string of the molecule is CO[C@H](c1ccc(N=C(N)N)cc1)[C@@H](CF)N/C=C(/CCN(C)[C@H]1C[C@@H](C)O[C@@H](O)C1)[NH2+]N. The second-order valence-electron chi connectivity index (χ2n) is 8.36. The van der Waals surface area contributed by atoms with E-state index in [4.69, 9.17) is 26.8 Å². The summed E-state index contributed by atoms with van der Waals surface area (Å²) in [7, 11) is 3.56. The van der Waals surface area contributed by atoms with Gasteiger partial charge in [0.1, 0.15) is 18.5 Å². The third kappa shape index (κ3) is 8.54. The van der Waals surface area contributed by atoms with Gasteiger partial charge in [0, 0.05) is 32.5 Å². The highest BCUT2D eigenvalue weighted by molar-refractivity contribution is 5.78. The average Bonchev–Trinajstić information content (AvgIpc) is 2.78. The predicted octanol–water partition coefficient (Wildman–Crippen LogP) is -0.307. The minimum atomic E-state index is -0.733. The fraction of sp³-hybridized carbons (Fsp3) is 0.591. The first kappa shape index (κ1) is 27.0. The van der Waals surface area contributed by atoms with Crippen molar-refractivity contribution in [3.05, 3.63) is 41.7 Å². The maximum Gasteiger partial charge on any atom is 0.191 e. The molecule has 11 heteroatoms. The van der Waals surface area contributed by atoms with Crippen molar-refractivity contribution in [2.24, 2.45) is 22.3 Å². The fourth-order valence-electron chi connectivity index (χ4n) is 3.99. The van der Waals surface area contributed by atoms with Crippen LogP contribution in [-0.2, 0) is 9.47 Å². The number of guanidine groups is 1. The Morgan fingerprint density at radius 3 is 2.64 bits per heavy atom. The molecule has 10 N–H and O–H groups in total. The summed E-state index contributed by atoms with van der Waals surface area (Å²) >= 11 is 0. The molecule has 0 amide bonds. The molecule has 0 aliphatic carbocycles. The molecule has 1 fully saturated rings. The summed E-state index contributed by atoms with van der Waals surface area (Å²) in [6.45, 7) is 2.07. The number of nitrogens with zero attached hydrogens (tertiary/aromatic N) is 2. The third-order valence-corrected chi connectivity index (χ3v) is 5.81. The molecule has 186 valence electrons. The number of halogens is 1.